The minimum absolute atomic E-state index is 0.689. The molecule has 2 rings (SSSR count). The first-order valence-corrected chi connectivity index (χ1v) is 7.46. The van der Waals surface area contributed by atoms with Gasteiger partial charge in [-0.15, -0.1) is 0 Å². The molecule has 1 N–H and O–H groups in total. The van der Waals surface area contributed by atoms with Crippen molar-refractivity contribution in [1.82, 2.24) is 14.5 Å². The molecule has 5 heteroatoms. The zero-order valence-corrected chi connectivity index (χ0v) is 13.1. The Balaban J connectivity index is 1.95. The van der Waals surface area contributed by atoms with Crippen molar-refractivity contribution in [2.45, 2.75) is 40.3 Å². The molecule has 21 heavy (non-hydrogen) atoms. The number of rotatable bonds is 8. The van der Waals surface area contributed by atoms with Gasteiger partial charge in [0.15, 0.2) is 0 Å². The first kappa shape index (κ1) is 15.5. The maximum Gasteiger partial charge on any atom is 0.203 e. The SMILES string of the molecule is CCOCCCn1cc(C)nc1NCc1ncccc1C. The number of anilines is 1. The minimum Gasteiger partial charge on any atom is -0.382 e. The Kier molecular flexibility index (Phi) is 5.75. The van der Waals surface area contributed by atoms with Crippen LogP contribution in [0.5, 0.6) is 0 Å². The summed E-state index contributed by atoms with van der Waals surface area (Å²) in [5, 5.41) is 3.38. The third-order valence-corrected chi connectivity index (χ3v) is 3.32. The molecule has 0 bridgehead atoms. The predicted molar refractivity (Wildman–Crippen MR) is 84.4 cm³/mol. The highest BCUT2D eigenvalue weighted by molar-refractivity contribution is 5.31. The first-order chi connectivity index (χ1) is 10.2. The molecule has 0 aliphatic heterocycles. The van der Waals surface area contributed by atoms with Crippen LogP contribution < -0.4 is 5.32 Å². The van der Waals surface area contributed by atoms with Crippen LogP contribution in [0.4, 0.5) is 5.95 Å². The van der Waals surface area contributed by atoms with Gasteiger partial charge in [-0.05, 0) is 38.8 Å². The average Bonchev–Trinajstić information content (AvgIpc) is 2.83. The molecule has 2 heterocycles. The van der Waals surface area contributed by atoms with Gasteiger partial charge in [0.1, 0.15) is 0 Å². The molecule has 0 atom stereocenters. The lowest BCUT2D eigenvalue weighted by atomic mass is 10.2. The molecule has 0 aromatic carbocycles. The van der Waals surface area contributed by atoms with Gasteiger partial charge in [0.05, 0.1) is 17.9 Å². The van der Waals surface area contributed by atoms with Crippen LogP contribution >= 0.6 is 0 Å². The van der Waals surface area contributed by atoms with Gasteiger partial charge in [-0.2, -0.15) is 0 Å². The normalized spacial score (nSPS) is 10.8. The number of pyridine rings is 1. The highest BCUT2D eigenvalue weighted by atomic mass is 16.5. The molecule has 0 radical (unpaired) electrons. The summed E-state index contributed by atoms with van der Waals surface area (Å²) < 4.78 is 7.53. The topological polar surface area (TPSA) is 52.0 Å². The maximum absolute atomic E-state index is 5.38. The Morgan fingerprint density at radius 1 is 1.33 bits per heavy atom. The van der Waals surface area contributed by atoms with E-state index in [0.717, 1.165) is 43.5 Å². The van der Waals surface area contributed by atoms with E-state index in [-0.39, 0.29) is 0 Å². The summed E-state index contributed by atoms with van der Waals surface area (Å²) in [6.07, 6.45) is 4.88. The van der Waals surface area contributed by atoms with Crippen molar-refractivity contribution < 1.29 is 4.74 Å². The quantitative estimate of drug-likeness (QED) is 0.759. The van der Waals surface area contributed by atoms with Crippen molar-refractivity contribution in [2.24, 2.45) is 0 Å². The van der Waals surface area contributed by atoms with Crippen LogP contribution in [0.3, 0.4) is 0 Å². The largest absolute Gasteiger partial charge is 0.382 e. The summed E-state index contributed by atoms with van der Waals surface area (Å²) in [6.45, 7) is 9.25. The van der Waals surface area contributed by atoms with Crippen LogP contribution in [0.15, 0.2) is 24.5 Å². The van der Waals surface area contributed by atoms with Gasteiger partial charge in [-0.1, -0.05) is 6.07 Å². The Hall–Kier alpha value is -1.88. The molecular formula is C16H24N4O. The number of ether oxygens (including phenoxy) is 1. The van der Waals surface area contributed by atoms with Crippen molar-refractivity contribution in [1.29, 1.82) is 0 Å². The molecule has 0 saturated heterocycles. The molecule has 0 aliphatic carbocycles. The lowest BCUT2D eigenvalue weighted by Gasteiger charge is -2.10. The molecule has 0 saturated carbocycles. The summed E-state index contributed by atoms with van der Waals surface area (Å²) in [5.74, 6) is 0.897. The average molecular weight is 288 g/mol. The Bertz CT molecular complexity index is 565. The summed E-state index contributed by atoms with van der Waals surface area (Å²) in [6, 6.07) is 4.03. The summed E-state index contributed by atoms with van der Waals surface area (Å²) >= 11 is 0. The van der Waals surface area contributed by atoms with E-state index in [1.165, 1.54) is 5.56 Å². The minimum atomic E-state index is 0.689. The summed E-state index contributed by atoms with van der Waals surface area (Å²) in [7, 11) is 0. The van der Waals surface area contributed by atoms with E-state index >= 15 is 0 Å². The standard InChI is InChI=1S/C16H24N4O/c1-4-21-10-6-9-20-12-14(3)19-16(20)18-11-15-13(2)7-5-8-17-15/h5,7-8,12H,4,6,9-11H2,1-3H3,(H,18,19). The smallest absolute Gasteiger partial charge is 0.203 e. The van der Waals surface area contributed by atoms with Gasteiger partial charge in [0.2, 0.25) is 5.95 Å². The number of imidazole rings is 1. The Morgan fingerprint density at radius 2 is 2.19 bits per heavy atom. The van der Waals surface area contributed by atoms with Crippen LogP contribution in [-0.4, -0.2) is 27.7 Å². The van der Waals surface area contributed by atoms with E-state index in [1.54, 1.807) is 0 Å². The van der Waals surface area contributed by atoms with Crippen molar-refractivity contribution in [3.63, 3.8) is 0 Å². The van der Waals surface area contributed by atoms with E-state index in [0.29, 0.717) is 6.54 Å². The molecule has 114 valence electrons. The van der Waals surface area contributed by atoms with Gasteiger partial charge < -0.3 is 14.6 Å². The predicted octanol–water partition coefficient (Wildman–Crippen LogP) is 2.93. The van der Waals surface area contributed by atoms with E-state index in [2.05, 4.69) is 39.0 Å². The fraction of sp³-hybridized carbons (Fsp3) is 0.500. The molecule has 2 aromatic rings. The van der Waals surface area contributed by atoms with Gasteiger partial charge in [-0.3, -0.25) is 4.98 Å². The van der Waals surface area contributed by atoms with Crippen molar-refractivity contribution >= 4 is 5.95 Å². The number of aromatic nitrogens is 3. The van der Waals surface area contributed by atoms with Gasteiger partial charge >= 0.3 is 0 Å². The van der Waals surface area contributed by atoms with Crippen LogP contribution in [0, 0.1) is 13.8 Å². The number of hydrogen-bond acceptors (Lipinski definition) is 4. The van der Waals surface area contributed by atoms with Crippen molar-refractivity contribution in [3.05, 3.63) is 41.5 Å². The number of aryl methyl sites for hydroxylation is 3. The third-order valence-electron chi connectivity index (χ3n) is 3.32. The Labute approximate surface area is 126 Å². The summed E-state index contributed by atoms with van der Waals surface area (Å²) in [4.78, 5) is 8.93. The van der Waals surface area contributed by atoms with Crippen molar-refractivity contribution in [2.75, 3.05) is 18.5 Å². The number of nitrogens with one attached hydrogen (secondary N) is 1. The van der Waals surface area contributed by atoms with Gasteiger partial charge in [-0.25, -0.2) is 4.98 Å². The highest BCUT2D eigenvalue weighted by Gasteiger charge is 2.06. The van der Waals surface area contributed by atoms with Crippen LogP contribution in [0.1, 0.15) is 30.3 Å². The molecule has 0 amide bonds. The fourth-order valence-electron chi connectivity index (χ4n) is 2.21. The van der Waals surface area contributed by atoms with E-state index < -0.39 is 0 Å². The molecule has 0 aliphatic rings. The van der Waals surface area contributed by atoms with Gasteiger partial charge in [0, 0.05) is 32.2 Å². The molecule has 5 nitrogen and oxygen atoms in total. The van der Waals surface area contributed by atoms with E-state index in [1.807, 2.05) is 26.1 Å². The lowest BCUT2D eigenvalue weighted by Crippen LogP contribution is -2.10. The molecule has 0 fully saturated rings. The number of hydrogen-bond donors (Lipinski definition) is 1. The Morgan fingerprint density at radius 3 is 2.95 bits per heavy atom. The zero-order chi connectivity index (χ0) is 15.1. The third kappa shape index (κ3) is 4.56. The van der Waals surface area contributed by atoms with Crippen molar-refractivity contribution in [3.8, 4) is 0 Å². The summed E-state index contributed by atoms with van der Waals surface area (Å²) in [5.41, 5.74) is 3.27. The molecule has 0 unspecified atom stereocenters. The zero-order valence-electron chi connectivity index (χ0n) is 13.1. The van der Waals surface area contributed by atoms with Gasteiger partial charge in [0.25, 0.3) is 0 Å². The second-order valence-corrected chi connectivity index (χ2v) is 5.07. The number of nitrogens with zero attached hydrogens (tertiary/aromatic N) is 3. The van der Waals surface area contributed by atoms with E-state index in [4.69, 9.17) is 4.74 Å². The second kappa shape index (κ2) is 7.78. The highest BCUT2D eigenvalue weighted by Crippen LogP contribution is 2.12. The first-order valence-electron chi connectivity index (χ1n) is 7.46. The molecular weight excluding hydrogens is 264 g/mol. The fourth-order valence-corrected chi connectivity index (χ4v) is 2.21. The molecule has 0 spiro atoms. The maximum atomic E-state index is 5.38. The van der Waals surface area contributed by atoms with Crippen LogP contribution in [-0.2, 0) is 17.8 Å². The van der Waals surface area contributed by atoms with Crippen LogP contribution in [0.25, 0.3) is 0 Å². The molecule has 2 aromatic heterocycles. The van der Waals surface area contributed by atoms with E-state index in [9.17, 15) is 0 Å². The monoisotopic (exact) mass is 288 g/mol. The second-order valence-electron chi connectivity index (χ2n) is 5.07. The lowest BCUT2D eigenvalue weighted by molar-refractivity contribution is 0.142. The van der Waals surface area contributed by atoms with Crippen LogP contribution in [0.2, 0.25) is 0 Å².